The molecule has 0 radical (unpaired) electrons. The Balaban J connectivity index is 1.94. The fourth-order valence-electron chi connectivity index (χ4n) is 2.84. The van der Waals surface area contributed by atoms with Crippen LogP contribution < -0.4 is 4.74 Å². The maximum absolute atomic E-state index is 12.8. The molecule has 1 aliphatic carbocycles. The molecule has 116 valence electrons. The van der Waals surface area contributed by atoms with E-state index in [0.29, 0.717) is 5.75 Å². The molecule has 0 spiro atoms. The number of alkyl halides is 3. The Hall–Kier alpha value is -2.04. The first-order valence-electron chi connectivity index (χ1n) is 7.27. The van der Waals surface area contributed by atoms with Gasteiger partial charge in [0.1, 0.15) is 11.5 Å². The molecule has 0 atom stereocenters. The molecule has 1 aromatic carbocycles. The van der Waals surface area contributed by atoms with Crippen LogP contribution in [0.4, 0.5) is 13.2 Å². The largest absolute Gasteiger partial charge is 0.455 e. The van der Waals surface area contributed by atoms with Gasteiger partial charge in [-0.1, -0.05) is 6.07 Å². The van der Waals surface area contributed by atoms with E-state index in [0.717, 1.165) is 49.1 Å². The number of hydrogen-bond acceptors (Lipinski definition) is 2. The van der Waals surface area contributed by atoms with E-state index in [1.54, 1.807) is 6.20 Å². The Morgan fingerprint density at radius 1 is 1.09 bits per heavy atom. The summed E-state index contributed by atoms with van der Waals surface area (Å²) in [5, 5.41) is 0. The molecular weight excluding hydrogens is 291 g/mol. The summed E-state index contributed by atoms with van der Waals surface area (Å²) in [6.45, 7) is 1.96. The molecule has 0 aliphatic heterocycles. The lowest BCUT2D eigenvalue weighted by molar-refractivity contribution is -0.137. The molecule has 2 nitrogen and oxygen atoms in total. The second kappa shape index (κ2) is 5.63. The molecule has 0 unspecified atom stereocenters. The molecule has 2 aromatic rings. The van der Waals surface area contributed by atoms with Crippen molar-refractivity contribution in [1.82, 2.24) is 4.98 Å². The highest BCUT2D eigenvalue weighted by Crippen LogP contribution is 2.36. The van der Waals surface area contributed by atoms with Crippen molar-refractivity contribution in [2.45, 2.75) is 38.8 Å². The van der Waals surface area contributed by atoms with Gasteiger partial charge in [-0.2, -0.15) is 13.2 Å². The minimum atomic E-state index is -4.37. The smallest absolute Gasteiger partial charge is 0.416 e. The van der Waals surface area contributed by atoms with Crippen LogP contribution in [0.15, 0.2) is 30.5 Å². The predicted octanol–water partition coefficient (Wildman–Crippen LogP) is 5.08. The fraction of sp³-hybridized carbons (Fsp3) is 0.353. The third kappa shape index (κ3) is 2.93. The van der Waals surface area contributed by atoms with Crippen LogP contribution in [0.3, 0.4) is 0 Å². The molecule has 1 aliphatic rings. The normalized spacial score (nSPS) is 14.5. The van der Waals surface area contributed by atoms with Crippen molar-refractivity contribution in [2.24, 2.45) is 0 Å². The molecule has 0 saturated heterocycles. The minimum Gasteiger partial charge on any atom is -0.455 e. The van der Waals surface area contributed by atoms with Gasteiger partial charge >= 0.3 is 6.18 Å². The van der Waals surface area contributed by atoms with Crippen LogP contribution in [0.25, 0.3) is 0 Å². The summed E-state index contributed by atoms with van der Waals surface area (Å²) in [5.41, 5.74) is 2.52. The maximum atomic E-state index is 12.8. The zero-order valence-electron chi connectivity index (χ0n) is 12.2. The second-order valence-electron chi connectivity index (χ2n) is 5.50. The Morgan fingerprint density at radius 2 is 1.82 bits per heavy atom. The van der Waals surface area contributed by atoms with Gasteiger partial charge in [-0.3, -0.25) is 4.98 Å². The minimum absolute atomic E-state index is 0.188. The van der Waals surface area contributed by atoms with Gasteiger partial charge in [0.25, 0.3) is 0 Å². The summed E-state index contributed by atoms with van der Waals surface area (Å²) >= 11 is 0. The number of aryl methyl sites for hydroxylation is 1. The monoisotopic (exact) mass is 307 g/mol. The number of halogens is 3. The Labute approximate surface area is 127 Å². The second-order valence-corrected chi connectivity index (χ2v) is 5.50. The van der Waals surface area contributed by atoms with E-state index in [1.165, 1.54) is 17.7 Å². The number of benzene rings is 1. The number of nitrogens with zero attached hydrogens (tertiary/aromatic N) is 1. The summed E-state index contributed by atoms with van der Waals surface area (Å²) in [6, 6.07) is 4.95. The van der Waals surface area contributed by atoms with E-state index >= 15 is 0 Å². The summed E-state index contributed by atoms with van der Waals surface area (Å²) in [7, 11) is 0. The van der Waals surface area contributed by atoms with Gasteiger partial charge in [0, 0.05) is 11.3 Å². The summed E-state index contributed by atoms with van der Waals surface area (Å²) < 4.78 is 44.0. The average molecular weight is 307 g/mol. The Bertz CT molecular complexity index is 695. The fourth-order valence-corrected chi connectivity index (χ4v) is 2.84. The van der Waals surface area contributed by atoms with Crippen LogP contribution in [-0.2, 0) is 19.0 Å². The van der Waals surface area contributed by atoms with Crippen molar-refractivity contribution in [1.29, 1.82) is 0 Å². The van der Waals surface area contributed by atoms with Crippen LogP contribution >= 0.6 is 0 Å². The van der Waals surface area contributed by atoms with Crippen molar-refractivity contribution in [3.05, 3.63) is 52.8 Å². The first-order chi connectivity index (χ1) is 10.4. The molecular formula is C17H16F3NO. The number of pyridine rings is 1. The lowest BCUT2D eigenvalue weighted by atomic mass is 9.90. The van der Waals surface area contributed by atoms with Gasteiger partial charge < -0.3 is 4.74 Å². The predicted molar refractivity (Wildman–Crippen MR) is 77.1 cm³/mol. The molecule has 1 heterocycles. The van der Waals surface area contributed by atoms with Crippen LogP contribution in [0, 0.1) is 6.92 Å². The highest BCUT2D eigenvalue weighted by Gasteiger charge is 2.30. The molecule has 22 heavy (non-hydrogen) atoms. The van der Waals surface area contributed by atoms with Crippen LogP contribution in [-0.4, -0.2) is 4.98 Å². The average Bonchev–Trinajstić information content (AvgIpc) is 2.50. The van der Waals surface area contributed by atoms with Gasteiger partial charge in [-0.25, -0.2) is 0 Å². The number of rotatable bonds is 2. The lowest BCUT2D eigenvalue weighted by Crippen LogP contribution is -2.08. The van der Waals surface area contributed by atoms with Gasteiger partial charge in [-0.15, -0.1) is 0 Å². The highest BCUT2D eigenvalue weighted by atomic mass is 19.4. The standard InChI is InChI=1S/C17H16F3NO/c1-11-14-7-2-3-8-15(14)16(10-21-11)22-13-6-4-5-12(9-13)17(18,19)20/h4-6,9-10H,2-3,7-8H2,1H3. The summed E-state index contributed by atoms with van der Waals surface area (Å²) in [6.07, 6.45) is 1.25. The quantitative estimate of drug-likeness (QED) is 0.772. The molecule has 0 saturated carbocycles. The number of aromatic nitrogens is 1. The van der Waals surface area contributed by atoms with E-state index in [1.807, 2.05) is 6.92 Å². The number of hydrogen-bond donors (Lipinski definition) is 0. The number of fused-ring (bicyclic) bond motifs is 1. The molecule has 3 rings (SSSR count). The zero-order valence-corrected chi connectivity index (χ0v) is 12.2. The Kier molecular flexibility index (Phi) is 3.81. The van der Waals surface area contributed by atoms with E-state index in [-0.39, 0.29) is 5.75 Å². The van der Waals surface area contributed by atoms with Crippen molar-refractivity contribution >= 4 is 0 Å². The highest BCUT2D eigenvalue weighted by molar-refractivity contribution is 5.45. The number of ether oxygens (including phenoxy) is 1. The third-order valence-corrected chi connectivity index (χ3v) is 3.97. The van der Waals surface area contributed by atoms with Crippen LogP contribution in [0.2, 0.25) is 0 Å². The topological polar surface area (TPSA) is 22.1 Å². The van der Waals surface area contributed by atoms with Crippen molar-refractivity contribution < 1.29 is 17.9 Å². The zero-order chi connectivity index (χ0) is 15.7. The molecule has 0 fully saturated rings. The first-order valence-corrected chi connectivity index (χ1v) is 7.27. The molecule has 5 heteroatoms. The molecule has 0 N–H and O–H groups in total. The lowest BCUT2D eigenvalue weighted by Gasteiger charge is -2.21. The van der Waals surface area contributed by atoms with Crippen molar-refractivity contribution in [3.63, 3.8) is 0 Å². The molecule has 1 aromatic heterocycles. The van der Waals surface area contributed by atoms with Crippen LogP contribution in [0.1, 0.15) is 35.2 Å². The third-order valence-electron chi connectivity index (χ3n) is 3.97. The van der Waals surface area contributed by atoms with Gasteiger partial charge in [0.05, 0.1) is 11.8 Å². The SMILES string of the molecule is Cc1ncc(Oc2cccc(C(F)(F)F)c2)c2c1CCCC2. The molecule has 0 bridgehead atoms. The van der Waals surface area contributed by atoms with Gasteiger partial charge in [0.15, 0.2) is 0 Å². The molecule has 0 amide bonds. The first kappa shape index (κ1) is 14.9. The van der Waals surface area contributed by atoms with E-state index in [9.17, 15) is 13.2 Å². The van der Waals surface area contributed by atoms with E-state index in [2.05, 4.69) is 4.98 Å². The van der Waals surface area contributed by atoms with Crippen molar-refractivity contribution in [3.8, 4) is 11.5 Å². The van der Waals surface area contributed by atoms with E-state index in [4.69, 9.17) is 4.74 Å². The van der Waals surface area contributed by atoms with E-state index < -0.39 is 11.7 Å². The summed E-state index contributed by atoms with van der Waals surface area (Å²) in [4.78, 5) is 4.31. The van der Waals surface area contributed by atoms with Crippen molar-refractivity contribution in [2.75, 3.05) is 0 Å². The Morgan fingerprint density at radius 3 is 2.55 bits per heavy atom. The van der Waals surface area contributed by atoms with Gasteiger partial charge in [0.2, 0.25) is 0 Å². The summed E-state index contributed by atoms with van der Waals surface area (Å²) in [5.74, 6) is 0.757. The van der Waals surface area contributed by atoms with Crippen LogP contribution in [0.5, 0.6) is 11.5 Å². The maximum Gasteiger partial charge on any atom is 0.416 e. The van der Waals surface area contributed by atoms with Gasteiger partial charge in [-0.05, 0) is 56.4 Å².